The number of fused-ring (bicyclic) bond motifs is 1. The topological polar surface area (TPSA) is 98.8 Å². The van der Waals surface area contributed by atoms with Crippen LogP contribution < -0.4 is 15.5 Å². The zero-order chi connectivity index (χ0) is 24.0. The highest BCUT2D eigenvalue weighted by molar-refractivity contribution is 6.05. The maximum atomic E-state index is 12.6. The Bertz CT molecular complexity index is 1370. The second kappa shape index (κ2) is 10.4. The smallest absolute Gasteiger partial charge is 0.255 e. The molecule has 1 aliphatic rings. The molecule has 1 saturated heterocycles. The zero-order valence-corrected chi connectivity index (χ0v) is 19.6. The van der Waals surface area contributed by atoms with Crippen LogP contribution >= 0.6 is 0 Å². The number of piperidine rings is 1. The van der Waals surface area contributed by atoms with Gasteiger partial charge < -0.3 is 20.5 Å². The van der Waals surface area contributed by atoms with Gasteiger partial charge in [-0.25, -0.2) is 9.97 Å². The van der Waals surface area contributed by atoms with Crippen LogP contribution in [0.4, 0.5) is 11.5 Å². The van der Waals surface area contributed by atoms with Gasteiger partial charge in [-0.3, -0.25) is 9.78 Å². The molecule has 0 saturated carbocycles. The third-order valence-electron chi connectivity index (χ3n) is 6.20. The van der Waals surface area contributed by atoms with Gasteiger partial charge >= 0.3 is 0 Å². The van der Waals surface area contributed by atoms with Crippen LogP contribution in [-0.4, -0.2) is 51.5 Å². The van der Waals surface area contributed by atoms with Gasteiger partial charge in [0.2, 0.25) is 0 Å². The molecule has 35 heavy (non-hydrogen) atoms. The molecule has 4 heterocycles. The first kappa shape index (κ1) is 22.6. The fourth-order valence-electron chi connectivity index (χ4n) is 4.47. The number of aromatic amines is 1. The van der Waals surface area contributed by atoms with E-state index < -0.39 is 0 Å². The lowest BCUT2D eigenvalue weighted by Gasteiger charge is -2.34. The Morgan fingerprint density at radius 2 is 2.11 bits per heavy atom. The summed E-state index contributed by atoms with van der Waals surface area (Å²) >= 11 is 0. The van der Waals surface area contributed by atoms with Crippen molar-refractivity contribution in [1.29, 1.82) is 0 Å². The minimum atomic E-state index is -0.174. The number of carbonyl (C=O) groups excluding carboxylic acids is 1. The highest BCUT2D eigenvalue weighted by Gasteiger charge is 2.24. The average Bonchev–Trinajstić information content (AvgIpc) is 3.34. The van der Waals surface area contributed by atoms with E-state index in [9.17, 15) is 4.79 Å². The number of aromatic nitrogens is 4. The molecule has 1 atom stereocenters. The van der Waals surface area contributed by atoms with Crippen molar-refractivity contribution < 1.29 is 4.79 Å². The standard InChI is InChI=1S/C27H27N7O/c1-2-3-13-29-22-7-5-14-34(17-22)26-24-23(16-30-25(24)31-18-32-26)19-8-10-20(11-9-19)27(35)33-21-6-4-12-28-15-21/h4,6,8-12,15-16,18,22,29H,5,7,13-14,17H2,1H3,(H,33,35)(H,30,31,32)/t22-/m0/s1. The van der Waals surface area contributed by atoms with Crippen LogP contribution in [0.1, 0.15) is 30.1 Å². The molecule has 0 unspecified atom stereocenters. The molecule has 1 fully saturated rings. The summed E-state index contributed by atoms with van der Waals surface area (Å²) in [7, 11) is 0. The number of benzene rings is 1. The molecular formula is C27H27N7O. The molecule has 3 aromatic heterocycles. The van der Waals surface area contributed by atoms with E-state index in [4.69, 9.17) is 0 Å². The summed E-state index contributed by atoms with van der Waals surface area (Å²) in [6.07, 6.45) is 9.08. The summed E-state index contributed by atoms with van der Waals surface area (Å²) in [5, 5.41) is 7.40. The third-order valence-corrected chi connectivity index (χ3v) is 6.20. The predicted molar refractivity (Wildman–Crippen MR) is 138 cm³/mol. The van der Waals surface area contributed by atoms with E-state index in [1.807, 2.05) is 43.5 Å². The van der Waals surface area contributed by atoms with Gasteiger partial charge in [0.15, 0.2) is 0 Å². The first-order chi connectivity index (χ1) is 17.2. The molecule has 1 amide bonds. The summed E-state index contributed by atoms with van der Waals surface area (Å²) in [6, 6.07) is 11.6. The molecule has 0 spiro atoms. The Morgan fingerprint density at radius 3 is 2.91 bits per heavy atom. The lowest BCUT2D eigenvalue weighted by molar-refractivity contribution is 0.102. The van der Waals surface area contributed by atoms with Crippen molar-refractivity contribution in [3.63, 3.8) is 0 Å². The first-order valence-corrected chi connectivity index (χ1v) is 11.7. The summed E-state index contributed by atoms with van der Waals surface area (Å²) in [5.41, 5.74) is 4.05. The largest absolute Gasteiger partial charge is 0.354 e. The third kappa shape index (κ3) is 5.00. The van der Waals surface area contributed by atoms with Gasteiger partial charge in [-0.05, 0) is 49.6 Å². The second-order valence-corrected chi connectivity index (χ2v) is 8.49. The molecule has 8 nitrogen and oxygen atoms in total. The number of amides is 1. The number of hydrogen-bond acceptors (Lipinski definition) is 6. The summed E-state index contributed by atoms with van der Waals surface area (Å²) < 4.78 is 0. The van der Waals surface area contributed by atoms with Crippen molar-refractivity contribution in [3.05, 3.63) is 66.9 Å². The van der Waals surface area contributed by atoms with Gasteiger partial charge in [0, 0.05) is 42.7 Å². The highest BCUT2D eigenvalue weighted by Crippen LogP contribution is 2.34. The van der Waals surface area contributed by atoms with Crippen LogP contribution in [0, 0.1) is 11.8 Å². The monoisotopic (exact) mass is 465 g/mol. The van der Waals surface area contributed by atoms with Crippen LogP contribution in [0.5, 0.6) is 0 Å². The van der Waals surface area contributed by atoms with Crippen LogP contribution in [0.25, 0.3) is 22.2 Å². The van der Waals surface area contributed by atoms with Gasteiger partial charge in [-0.1, -0.05) is 18.1 Å². The summed E-state index contributed by atoms with van der Waals surface area (Å²) in [4.78, 5) is 31.4. The predicted octanol–water partition coefficient (Wildman–Crippen LogP) is 3.85. The SMILES string of the molecule is CC#CCN[C@H]1CCCN(c2ncnc3[nH]cc(-c4ccc(C(=O)Nc5cccnc5)cc4)c23)C1. The van der Waals surface area contributed by atoms with E-state index >= 15 is 0 Å². The fourth-order valence-corrected chi connectivity index (χ4v) is 4.47. The molecule has 1 aromatic carbocycles. The number of H-pyrrole nitrogens is 1. The van der Waals surface area contributed by atoms with E-state index in [2.05, 4.69) is 47.3 Å². The molecule has 4 aromatic rings. The van der Waals surface area contributed by atoms with Gasteiger partial charge in [0.05, 0.1) is 23.8 Å². The summed E-state index contributed by atoms with van der Waals surface area (Å²) in [6.45, 7) is 4.38. The van der Waals surface area contributed by atoms with E-state index in [1.165, 1.54) is 0 Å². The highest BCUT2D eigenvalue weighted by atomic mass is 16.1. The second-order valence-electron chi connectivity index (χ2n) is 8.49. The zero-order valence-electron chi connectivity index (χ0n) is 19.6. The van der Waals surface area contributed by atoms with Crippen molar-refractivity contribution in [3.8, 4) is 23.0 Å². The van der Waals surface area contributed by atoms with Gasteiger partial charge in [-0.2, -0.15) is 0 Å². The van der Waals surface area contributed by atoms with Crippen LogP contribution in [-0.2, 0) is 0 Å². The first-order valence-electron chi connectivity index (χ1n) is 11.7. The van der Waals surface area contributed by atoms with Crippen LogP contribution in [0.3, 0.4) is 0 Å². The van der Waals surface area contributed by atoms with Crippen LogP contribution in [0.2, 0.25) is 0 Å². The Kier molecular flexibility index (Phi) is 6.68. The maximum absolute atomic E-state index is 12.6. The van der Waals surface area contributed by atoms with E-state index in [0.717, 1.165) is 53.9 Å². The summed E-state index contributed by atoms with van der Waals surface area (Å²) in [5.74, 6) is 6.79. The molecule has 0 aliphatic carbocycles. The van der Waals surface area contributed by atoms with Gasteiger partial charge in [0.1, 0.15) is 17.8 Å². The lowest BCUT2D eigenvalue weighted by Crippen LogP contribution is -2.46. The Morgan fingerprint density at radius 1 is 1.23 bits per heavy atom. The number of nitrogens with zero attached hydrogens (tertiary/aromatic N) is 4. The molecule has 0 bridgehead atoms. The molecule has 5 rings (SSSR count). The average molecular weight is 466 g/mol. The Balaban J connectivity index is 1.39. The number of carbonyl (C=O) groups is 1. The van der Waals surface area contributed by atoms with E-state index in [0.29, 0.717) is 23.8 Å². The normalized spacial score (nSPS) is 15.5. The number of nitrogens with one attached hydrogen (secondary N) is 3. The minimum Gasteiger partial charge on any atom is -0.354 e. The fraction of sp³-hybridized carbons (Fsp3) is 0.259. The van der Waals surface area contributed by atoms with Crippen LogP contribution in [0.15, 0.2) is 61.3 Å². The lowest BCUT2D eigenvalue weighted by atomic mass is 10.0. The van der Waals surface area contributed by atoms with Gasteiger partial charge in [0.25, 0.3) is 5.91 Å². The molecule has 0 radical (unpaired) electrons. The van der Waals surface area contributed by atoms with Crippen molar-refractivity contribution in [2.45, 2.75) is 25.8 Å². The molecule has 1 aliphatic heterocycles. The Labute approximate surface area is 204 Å². The van der Waals surface area contributed by atoms with E-state index in [-0.39, 0.29) is 5.91 Å². The number of rotatable bonds is 6. The van der Waals surface area contributed by atoms with Crippen molar-refractivity contribution in [2.24, 2.45) is 0 Å². The van der Waals surface area contributed by atoms with Crippen molar-refractivity contribution in [1.82, 2.24) is 25.3 Å². The maximum Gasteiger partial charge on any atom is 0.255 e. The minimum absolute atomic E-state index is 0.174. The quantitative estimate of drug-likeness (QED) is 0.374. The Hall–Kier alpha value is -4.22. The number of hydrogen-bond donors (Lipinski definition) is 3. The molecular weight excluding hydrogens is 438 g/mol. The van der Waals surface area contributed by atoms with Crippen molar-refractivity contribution >= 4 is 28.4 Å². The number of anilines is 2. The van der Waals surface area contributed by atoms with E-state index in [1.54, 1.807) is 24.8 Å². The number of pyridine rings is 1. The molecule has 8 heteroatoms. The molecule has 3 N–H and O–H groups in total. The molecule has 176 valence electrons. The van der Waals surface area contributed by atoms with Crippen molar-refractivity contribution in [2.75, 3.05) is 29.9 Å². The van der Waals surface area contributed by atoms with Gasteiger partial charge in [-0.15, -0.1) is 5.92 Å².